The average molecular weight is 412 g/mol. The van der Waals surface area contributed by atoms with E-state index in [9.17, 15) is 24.1 Å². The molecule has 0 fully saturated rings. The highest BCUT2D eigenvalue weighted by Crippen LogP contribution is 2.17. The number of non-ortho nitro benzene ring substituents is 1. The molecule has 0 saturated heterocycles. The summed E-state index contributed by atoms with van der Waals surface area (Å²) in [5.74, 6) is -1.59. The number of anilines is 1. The Balaban J connectivity index is 1.50. The van der Waals surface area contributed by atoms with E-state index in [0.29, 0.717) is 5.69 Å². The first kappa shape index (κ1) is 20.3. The number of hydrogen-bond acceptors (Lipinski definition) is 8. The van der Waals surface area contributed by atoms with Crippen LogP contribution in [0, 0.1) is 15.9 Å². The number of amides is 1. The monoisotopic (exact) mass is 412 g/mol. The summed E-state index contributed by atoms with van der Waals surface area (Å²) in [7, 11) is 0. The first-order valence-corrected chi connectivity index (χ1v) is 8.37. The Bertz CT molecular complexity index is 1060. The summed E-state index contributed by atoms with van der Waals surface area (Å²) < 4.78 is 22.9. The maximum Gasteiger partial charge on any atom is 0.349 e. The van der Waals surface area contributed by atoms with Gasteiger partial charge in [0.1, 0.15) is 11.6 Å². The molecule has 0 aliphatic carbocycles. The van der Waals surface area contributed by atoms with Crippen LogP contribution in [0.5, 0.6) is 11.8 Å². The van der Waals surface area contributed by atoms with E-state index in [0.717, 1.165) is 0 Å². The summed E-state index contributed by atoms with van der Waals surface area (Å²) in [4.78, 5) is 41.6. The van der Waals surface area contributed by atoms with Gasteiger partial charge in [0.05, 0.1) is 10.5 Å². The van der Waals surface area contributed by atoms with Crippen molar-refractivity contribution in [2.24, 2.45) is 0 Å². The molecule has 3 rings (SSSR count). The lowest BCUT2D eigenvalue weighted by Crippen LogP contribution is -2.19. The second-order valence-corrected chi connectivity index (χ2v) is 5.73. The number of nitrogens with zero attached hydrogens (tertiary/aromatic N) is 3. The second-order valence-electron chi connectivity index (χ2n) is 5.73. The number of nitro groups is 1. The minimum Gasteiger partial charge on any atom is -0.451 e. The first-order chi connectivity index (χ1) is 14.4. The SMILES string of the molecule is O=C(COc1ncc(C(=O)Nc2ccc(F)cc2)cn1)Oc1ccc([N+](=O)[O-])cc1. The van der Waals surface area contributed by atoms with Crippen molar-refractivity contribution in [2.45, 2.75) is 0 Å². The predicted octanol–water partition coefficient (Wildman–Crippen LogP) is 2.76. The number of aromatic nitrogens is 2. The Morgan fingerprint density at radius 3 is 2.27 bits per heavy atom. The molecule has 0 spiro atoms. The molecule has 152 valence electrons. The predicted molar refractivity (Wildman–Crippen MR) is 101 cm³/mol. The summed E-state index contributed by atoms with van der Waals surface area (Å²) in [6.45, 7) is -0.516. The lowest BCUT2D eigenvalue weighted by atomic mass is 10.2. The van der Waals surface area contributed by atoms with Crippen LogP contribution >= 0.6 is 0 Å². The van der Waals surface area contributed by atoms with E-state index in [2.05, 4.69) is 15.3 Å². The Hall–Kier alpha value is -4.41. The van der Waals surface area contributed by atoms with Gasteiger partial charge in [-0.2, -0.15) is 0 Å². The molecule has 11 heteroatoms. The number of carbonyl (C=O) groups is 2. The summed E-state index contributed by atoms with van der Waals surface area (Å²) in [6.07, 6.45) is 2.39. The molecule has 0 unspecified atom stereocenters. The molecule has 3 aromatic rings. The molecule has 30 heavy (non-hydrogen) atoms. The molecule has 1 amide bonds. The highest BCUT2D eigenvalue weighted by Gasteiger charge is 2.12. The van der Waals surface area contributed by atoms with Crippen molar-refractivity contribution in [1.82, 2.24) is 9.97 Å². The topological polar surface area (TPSA) is 134 Å². The van der Waals surface area contributed by atoms with Gasteiger partial charge in [0.15, 0.2) is 6.61 Å². The summed E-state index contributed by atoms with van der Waals surface area (Å²) in [5, 5.41) is 13.1. The quantitative estimate of drug-likeness (QED) is 0.271. The maximum atomic E-state index is 12.9. The van der Waals surface area contributed by atoms with E-state index in [4.69, 9.17) is 9.47 Å². The zero-order valence-corrected chi connectivity index (χ0v) is 15.1. The fraction of sp³-hybridized carbons (Fsp3) is 0.0526. The van der Waals surface area contributed by atoms with Gasteiger partial charge in [-0.1, -0.05) is 0 Å². The normalized spacial score (nSPS) is 10.2. The van der Waals surface area contributed by atoms with Crippen molar-refractivity contribution in [3.8, 4) is 11.8 Å². The van der Waals surface area contributed by atoms with Crippen molar-refractivity contribution in [2.75, 3.05) is 11.9 Å². The van der Waals surface area contributed by atoms with E-state index < -0.39 is 29.2 Å². The van der Waals surface area contributed by atoms with Gasteiger partial charge in [0, 0.05) is 30.2 Å². The van der Waals surface area contributed by atoms with E-state index in [-0.39, 0.29) is 23.0 Å². The Kier molecular flexibility index (Phi) is 6.23. The number of esters is 1. The van der Waals surface area contributed by atoms with Crippen LogP contribution < -0.4 is 14.8 Å². The van der Waals surface area contributed by atoms with Gasteiger partial charge in [-0.15, -0.1) is 0 Å². The minimum absolute atomic E-state index is 0.114. The number of rotatable bonds is 7. The molecule has 1 aromatic heterocycles. The number of nitro benzene ring substituents is 1. The van der Waals surface area contributed by atoms with Crippen molar-refractivity contribution in [3.05, 3.63) is 82.4 Å². The molecule has 0 atom stereocenters. The second kappa shape index (κ2) is 9.19. The highest BCUT2D eigenvalue weighted by molar-refractivity contribution is 6.03. The molecule has 0 radical (unpaired) electrons. The zero-order valence-electron chi connectivity index (χ0n) is 15.1. The molecule has 1 heterocycles. The van der Waals surface area contributed by atoms with Crippen molar-refractivity contribution >= 4 is 23.3 Å². The maximum absolute atomic E-state index is 12.9. The fourth-order valence-electron chi connectivity index (χ4n) is 2.16. The van der Waals surface area contributed by atoms with Gasteiger partial charge in [0.25, 0.3) is 11.6 Å². The van der Waals surface area contributed by atoms with E-state index >= 15 is 0 Å². The summed E-state index contributed by atoms with van der Waals surface area (Å²) in [6, 6.07) is 10.0. The van der Waals surface area contributed by atoms with Gasteiger partial charge >= 0.3 is 12.0 Å². The molecular weight excluding hydrogens is 399 g/mol. The smallest absolute Gasteiger partial charge is 0.349 e. The Labute approximate surface area is 168 Å². The Morgan fingerprint density at radius 1 is 1.03 bits per heavy atom. The average Bonchev–Trinajstić information content (AvgIpc) is 2.74. The molecule has 0 bridgehead atoms. The summed E-state index contributed by atoms with van der Waals surface area (Å²) in [5.41, 5.74) is 0.388. The highest BCUT2D eigenvalue weighted by atomic mass is 19.1. The third-order valence-electron chi connectivity index (χ3n) is 3.59. The van der Waals surface area contributed by atoms with Gasteiger partial charge in [0.2, 0.25) is 0 Å². The van der Waals surface area contributed by atoms with Crippen LogP contribution in [0.3, 0.4) is 0 Å². The number of hydrogen-bond donors (Lipinski definition) is 1. The van der Waals surface area contributed by atoms with E-state index in [1.54, 1.807) is 0 Å². The fourth-order valence-corrected chi connectivity index (χ4v) is 2.16. The number of carbonyl (C=O) groups excluding carboxylic acids is 2. The van der Waals surface area contributed by atoms with Gasteiger partial charge < -0.3 is 14.8 Å². The zero-order chi connectivity index (χ0) is 21.5. The van der Waals surface area contributed by atoms with Crippen molar-refractivity contribution in [1.29, 1.82) is 0 Å². The van der Waals surface area contributed by atoms with Gasteiger partial charge in [-0.05, 0) is 36.4 Å². The van der Waals surface area contributed by atoms with Crippen LogP contribution in [0.15, 0.2) is 60.9 Å². The van der Waals surface area contributed by atoms with Crippen LogP contribution in [0.1, 0.15) is 10.4 Å². The van der Waals surface area contributed by atoms with E-state index in [1.165, 1.54) is 60.9 Å². The standard InChI is InChI=1S/C19H13FN4O6/c20-13-1-3-14(4-2-13)23-18(26)12-9-21-19(22-10-12)29-11-17(25)30-16-7-5-15(6-8-16)24(27)28/h1-10H,11H2,(H,23,26). The molecule has 1 N–H and O–H groups in total. The molecule has 0 saturated carbocycles. The molecule has 2 aromatic carbocycles. The lowest BCUT2D eigenvalue weighted by Gasteiger charge is -2.07. The van der Waals surface area contributed by atoms with E-state index in [1.807, 2.05) is 0 Å². The molecular formula is C19H13FN4O6. The van der Waals surface area contributed by atoms with Gasteiger partial charge in [-0.3, -0.25) is 14.9 Å². The van der Waals surface area contributed by atoms with Crippen LogP contribution in [-0.4, -0.2) is 33.4 Å². The first-order valence-electron chi connectivity index (χ1n) is 8.37. The van der Waals surface area contributed by atoms with Crippen LogP contribution in [-0.2, 0) is 4.79 Å². The number of nitrogens with one attached hydrogen (secondary N) is 1. The number of ether oxygens (including phenoxy) is 2. The van der Waals surface area contributed by atoms with Crippen molar-refractivity contribution in [3.63, 3.8) is 0 Å². The third-order valence-corrected chi connectivity index (χ3v) is 3.59. The number of halogens is 1. The lowest BCUT2D eigenvalue weighted by molar-refractivity contribution is -0.384. The number of benzene rings is 2. The van der Waals surface area contributed by atoms with Crippen LogP contribution in [0.2, 0.25) is 0 Å². The minimum atomic E-state index is -0.773. The largest absolute Gasteiger partial charge is 0.451 e. The third kappa shape index (κ3) is 5.55. The molecule has 0 aliphatic heterocycles. The van der Waals surface area contributed by atoms with Crippen molar-refractivity contribution < 1.29 is 28.4 Å². The molecule has 10 nitrogen and oxygen atoms in total. The molecule has 0 aliphatic rings. The summed E-state index contributed by atoms with van der Waals surface area (Å²) >= 11 is 0. The van der Waals surface area contributed by atoms with Gasteiger partial charge in [-0.25, -0.2) is 19.2 Å². The Morgan fingerprint density at radius 2 is 1.67 bits per heavy atom. The van der Waals surface area contributed by atoms with Crippen LogP contribution in [0.25, 0.3) is 0 Å². The van der Waals surface area contributed by atoms with Crippen LogP contribution in [0.4, 0.5) is 15.8 Å².